The van der Waals surface area contributed by atoms with Crippen LogP contribution in [-0.2, 0) is 11.3 Å². The Labute approximate surface area is 152 Å². The summed E-state index contributed by atoms with van der Waals surface area (Å²) in [6.45, 7) is -0.113. The highest BCUT2D eigenvalue weighted by Gasteiger charge is 2.35. The zero-order chi connectivity index (χ0) is 17.3. The van der Waals surface area contributed by atoms with E-state index in [2.05, 4.69) is 0 Å². The largest absolute Gasteiger partial charge is 0.293 e. The highest BCUT2D eigenvalue weighted by molar-refractivity contribution is 8.18. The van der Waals surface area contributed by atoms with Gasteiger partial charge in [0.15, 0.2) is 0 Å². The van der Waals surface area contributed by atoms with E-state index in [-0.39, 0.29) is 17.0 Å². The number of hydrogen-bond donors (Lipinski definition) is 0. The van der Waals surface area contributed by atoms with Gasteiger partial charge in [0.2, 0.25) is 0 Å². The molecule has 0 bridgehead atoms. The van der Waals surface area contributed by atoms with Gasteiger partial charge in [-0.05, 0) is 35.5 Å². The monoisotopic (exact) mass is 381 g/mol. The second-order valence-corrected chi connectivity index (χ2v) is 6.78. The summed E-state index contributed by atoms with van der Waals surface area (Å²) in [5.74, 6) is -0.942. The standard InChI is InChI=1S/C17H10Cl2FNO2S/c18-12-6-3-5-10(15(12)19)8-14-16(22)21(17(23)24-14)9-11-4-1-2-7-13(11)20/h1-8H,9H2/b14-8+. The van der Waals surface area contributed by atoms with Crippen LogP contribution >= 0.6 is 35.0 Å². The lowest BCUT2D eigenvalue weighted by Gasteiger charge is -2.12. The highest BCUT2D eigenvalue weighted by Crippen LogP contribution is 2.35. The van der Waals surface area contributed by atoms with E-state index in [0.29, 0.717) is 15.6 Å². The first kappa shape index (κ1) is 17.0. The third-order valence-electron chi connectivity index (χ3n) is 3.43. The van der Waals surface area contributed by atoms with Crippen molar-refractivity contribution >= 4 is 52.2 Å². The van der Waals surface area contributed by atoms with Gasteiger partial charge in [-0.1, -0.05) is 53.5 Å². The lowest BCUT2D eigenvalue weighted by atomic mass is 10.2. The summed E-state index contributed by atoms with van der Waals surface area (Å²) in [5.41, 5.74) is 0.822. The zero-order valence-corrected chi connectivity index (χ0v) is 14.5. The van der Waals surface area contributed by atoms with Crippen LogP contribution in [0.5, 0.6) is 0 Å². The van der Waals surface area contributed by atoms with Crippen LogP contribution in [0.2, 0.25) is 10.0 Å². The molecule has 1 heterocycles. The first-order valence-electron chi connectivity index (χ1n) is 6.90. The molecule has 0 atom stereocenters. The Kier molecular flexibility index (Phi) is 4.94. The quantitative estimate of drug-likeness (QED) is 0.670. The molecule has 0 aromatic heterocycles. The van der Waals surface area contributed by atoms with Gasteiger partial charge in [-0.2, -0.15) is 0 Å². The minimum atomic E-state index is -0.482. The maximum Gasteiger partial charge on any atom is 0.293 e. The molecular weight excluding hydrogens is 372 g/mol. The average molecular weight is 382 g/mol. The Morgan fingerprint density at radius 3 is 2.58 bits per heavy atom. The van der Waals surface area contributed by atoms with E-state index in [1.54, 1.807) is 30.3 Å². The second kappa shape index (κ2) is 6.97. The maximum atomic E-state index is 13.7. The molecule has 24 heavy (non-hydrogen) atoms. The van der Waals surface area contributed by atoms with Crippen molar-refractivity contribution in [2.45, 2.75) is 6.54 Å². The number of benzene rings is 2. The van der Waals surface area contributed by atoms with Gasteiger partial charge in [-0.15, -0.1) is 0 Å². The summed E-state index contributed by atoms with van der Waals surface area (Å²) < 4.78 is 13.7. The second-order valence-electron chi connectivity index (χ2n) is 5.00. The van der Waals surface area contributed by atoms with E-state index < -0.39 is 17.0 Å². The fraction of sp³-hybridized carbons (Fsp3) is 0.0588. The lowest BCUT2D eigenvalue weighted by molar-refractivity contribution is -0.123. The molecule has 2 aromatic rings. The third-order valence-corrected chi connectivity index (χ3v) is 5.17. The van der Waals surface area contributed by atoms with Crippen LogP contribution in [0, 0.1) is 5.82 Å². The van der Waals surface area contributed by atoms with Crippen LogP contribution in [-0.4, -0.2) is 16.0 Å². The van der Waals surface area contributed by atoms with E-state index in [1.807, 2.05) is 0 Å². The van der Waals surface area contributed by atoms with Gasteiger partial charge in [0.1, 0.15) is 5.82 Å². The van der Waals surface area contributed by atoms with E-state index in [1.165, 1.54) is 18.2 Å². The number of imide groups is 1. The third kappa shape index (κ3) is 3.34. The number of nitrogens with zero attached hydrogens (tertiary/aromatic N) is 1. The van der Waals surface area contributed by atoms with Gasteiger partial charge < -0.3 is 0 Å². The van der Waals surface area contributed by atoms with Crippen molar-refractivity contribution in [3.05, 3.63) is 74.4 Å². The molecule has 2 aromatic carbocycles. The van der Waals surface area contributed by atoms with E-state index in [4.69, 9.17) is 23.2 Å². The maximum absolute atomic E-state index is 13.7. The first-order valence-corrected chi connectivity index (χ1v) is 8.47. The van der Waals surface area contributed by atoms with Gasteiger partial charge >= 0.3 is 0 Å². The Balaban J connectivity index is 1.88. The molecule has 122 valence electrons. The van der Waals surface area contributed by atoms with Crippen molar-refractivity contribution in [3.8, 4) is 0 Å². The van der Waals surface area contributed by atoms with Crippen LogP contribution in [0.25, 0.3) is 6.08 Å². The molecule has 3 rings (SSSR count). The Bertz CT molecular complexity index is 869. The molecule has 0 radical (unpaired) electrons. The minimum Gasteiger partial charge on any atom is -0.268 e. The van der Waals surface area contributed by atoms with Crippen LogP contribution in [0.4, 0.5) is 9.18 Å². The van der Waals surface area contributed by atoms with Crippen molar-refractivity contribution in [2.24, 2.45) is 0 Å². The van der Waals surface area contributed by atoms with Gasteiger partial charge in [0.05, 0.1) is 21.5 Å². The molecule has 0 unspecified atom stereocenters. The predicted octanol–water partition coefficient (Wildman–Crippen LogP) is 5.37. The molecule has 2 amide bonds. The fourth-order valence-electron chi connectivity index (χ4n) is 2.21. The van der Waals surface area contributed by atoms with E-state index in [0.717, 1.165) is 16.7 Å². The Morgan fingerprint density at radius 1 is 1.08 bits per heavy atom. The number of carbonyl (C=O) groups excluding carboxylic acids is 2. The fourth-order valence-corrected chi connectivity index (χ4v) is 3.40. The van der Waals surface area contributed by atoms with Crippen LogP contribution in [0.3, 0.4) is 0 Å². The molecule has 7 heteroatoms. The summed E-state index contributed by atoms with van der Waals surface area (Å²) in [7, 11) is 0. The minimum absolute atomic E-state index is 0.113. The molecular formula is C17H10Cl2FNO2S. The van der Waals surface area contributed by atoms with Crippen LogP contribution in [0.15, 0.2) is 47.4 Å². The zero-order valence-electron chi connectivity index (χ0n) is 12.1. The highest BCUT2D eigenvalue weighted by atomic mass is 35.5. The van der Waals surface area contributed by atoms with Crippen molar-refractivity contribution in [3.63, 3.8) is 0 Å². The van der Waals surface area contributed by atoms with Gasteiger partial charge in [0.25, 0.3) is 11.1 Å². The lowest BCUT2D eigenvalue weighted by Crippen LogP contribution is -2.27. The average Bonchev–Trinajstić information content (AvgIpc) is 2.81. The number of rotatable bonds is 3. The number of carbonyl (C=O) groups is 2. The summed E-state index contributed by atoms with van der Waals surface area (Å²) >= 11 is 12.8. The number of halogens is 3. The number of hydrogen-bond acceptors (Lipinski definition) is 3. The predicted molar refractivity (Wildman–Crippen MR) is 94.4 cm³/mol. The molecule has 0 aliphatic carbocycles. The molecule has 1 fully saturated rings. The van der Waals surface area contributed by atoms with Crippen molar-refractivity contribution < 1.29 is 14.0 Å². The van der Waals surface area contributed by atoms with Gasteiger partial charge in [0, 0.05) is 5.56 Å². The molecule has 0 N–H and O–H groups in total. The Hall–Kier alpha value is -1.82. The summed E-state index contributed by atoms with van der Waals surface area (Å²) in [5, 5.41) is 0.212. The normalized spacial score (nSPS) is 16.3. The topological polar surface area (TPSA) is 37.4 Å². The summed E-state index contributed by atoms with van der Waals surface area (Å²) in [6, 6.07) is 11.0. The van der Waals surface area contributed by atoms with Crippen molar-refractivity contribution in [1.82, 2.24) is 4.90 Å². The summed E-state index contributed by atoms with van der Waals surface area (Å²) in [4.78, 5) is 25.8. The molecule has 3 nitrogen and oxygen atoms in total. The Morgan fingerprint density at radius 2 is 1.83 bits per heavy atom. The molecule has 0 spiro atoms. The van der Waals surface area contributed by atoms with Crippen LogP contribution < -0.4 is 0 Å². The van der Waals surface area contributed by atoms with Crippen LogP contribution in [0.1, 0.15) is 11.1 Å². The SMILES string of the molecule is O=C1S/C(=C/c2cccc(Cl)c2Cl)C(=O)N1Cc1ccccc1F. The molecule has 0 saturated carbocycles. The molecule has 1 aliphatic heterocycles. The first-order chi connectivity index (χ1) is 11.5. The number of amides is 2. The van der Waals surface area contributed by atoms with E-state index >= 15 is 0 Å². The molecule has 1 saturated heterocycles. The molecule has 1 aliphatic rings. The summed E-state index contributed by atoms with van der Waals surface area (Å²) in [6.07, 6.45) is 1.51. The van der Waals surface area contributed by atoms with E-state index in [9.17, 15) is 14.0 Å². The van der Waals surface area contributed by atoms with Gasteiger partial charge in [-0.3, -0.25) is 14.5 Å². The smallest absolute Gasteiger partial charge is 0.268 e. The number of thioether (sulfide) groups is 1. The van der Waals surface area contributed by atoms with Gasteiger partial charge in [-0.25, -0.2) is 4.39 Å². The van der Waals surface area contributed by atoms with Crippen molar-refractivity contribution in [2.75, 3.05) is 0 Å². The van der Waals surface area contributed by atoms with Crippen molar-refractivity contribution in [1.29, 1.82) is 0 Å².